The molecule has 0 bridgehead atoms. The molecular formula is C47H33N3. The Bertz CT molecular complexity index is 2760. The fraction of sp³-hybridized carbons (Fsp3) is 0.0638. The van der Waals surface area contributed by atoms with E-state index < -0.39 is 0 Å². The second kappa shape index (κ2) is 10.8. The van der Waals surface area contributed by atoms with Gasteiger partial charge in [0.1, 0.15) is 0 Å². The van der Waals surface area contributed by atoms with Gasteiger partial charge in [-0.1, -0.05) is 147 Å². The minimum absolute atomic E-state index is 0.0492. The summed E-state index contributed by atoms with van der Waals surface area (Å²) in [6.07, 6.45) is 0. The summed E-state index contributed by atoms with van der Waals surface area (Å²) in [5.41, 5.74) is 10.8. The fourth-order valence-electron chi connectivity index (χ4n) is 8.10. The fourth-order valence-corrected chi connectivity index (χ4v) is 8.10. The van der Waals surface area contributed by atoms with Crippen LogP contribution in [0.25, 0.3) is 83.0 Å². The van der Waals surface area contributed by atoms with Crippen LogP contribution < -0.4 is 0 Å². The molecule has 0 unspecified atom stereocenters. The molecule has 3 nitrogen and oxygen atoms in total. The van der Waals surface area contributed by atoms with E-state index in [0.717, 1.165) is 22.6 Å². The lowest BCUT2D eigenvalue weighted by Crippen LogP contribution is -2.14. The lowest BCUT2D eigenvalue weighted by Gasteiger charge is -2.22. The highest BCUT2D eigenvalue weighted by Gasteiger charge is 2.35. The summed E-state index contributed by atoms with van der Waals surface area (Å²) in [5.74, 6) is 1.52. The molecule has 0 amide bonds. The molecule has 0 N–H and O–H groups in total. The molecule has 1 heterocycles. The smallest absolute Gasteiger partial charge is 0.182 e. The molecule has 0 saturated heterocycles. The lowest BCUT2D eigenvalue weighted by molar-refractivity contribution is 0.661. The Labute approximate surface area is 291 Å². The van der Waals surface area contributed by atoms with E-state index in [4.69, 9.17) is 10.1 Å². The minimum atomic E-state index is -0.0492. The van der Waals surface area contributed by atoms with Crippen LogP contribution in [0.3, 0.4) is 0 Å². The van der Waals surface area contributed by atoms with E-state index in [1.54, 1.807) is 0 Å². The third-order valence-corrected chi connectivity index (χ3v) is 10.7. The van der Waals surface area contributed by atoms with Gasteiger partial charge < -0.3 is 0 Å². The van der Waals surface area contributed by atoms with E-state index in [1.807, 2.05) is 41.1 Å². The molecule has 0 aliphatic heterocycles. The minimum Gasteiger partial charge on any atom is -0.213 e. The Morgan fingerprint density at radius 1 is 0.420 bits per heavy atom. The van der Waals surface area contributed by atoms with Gasteiger partial charge in [-0.05, 0) is 96.0 Å². The number of hydrogen-bond donors (Lipinski definition) is 0. The Morgan fingerprint density at radius 2 is 1.00 bits per heavy atom. The van der Waals surface area contributed by atoms with E-state index in [-0.39, 0.29) is 5.41 Å². The standard InChI is InChI=1S/C47H33N3/c1-47(2)43-20-12-11-19-38(43)42-28-40-36-18-10-9-17-35(36)39-27-33(25-26-37(39)41(40)29-44(42)47)30-21-23-32(24-22-30)46-48-45(31-13-5-3-6-14-31)49-50(46)34-15-7-4-8-16-34/h3-29H,1-2H3. The first-order valence-electron chi connectivity index (χ1n) is 17.3. The van der Waals surface area contributed by atoms with Gasteiger partial charge in [0.05, 0.1) is 5.69 Å². The Kier molecular flexibility index (Phi) is 6.22. The van der Waals surface area contributed by atoms with E-state index in [2.05, 4.69) is 141 Å². The van der Waals surface area contributed by atoms with Crippen molar-refractivity contribution in [2.75, 3.05) is 0 Å². The summed E-state index contributed by atoms with van der Waals surface area (Å²) in [7, 11) is 0. The number of para-hydroxylation sites is 1. The molecule has 1 aromatic heterocycles. The molecule has 236 valence electrons. The van der Waals surface area contributed by atoms with E-state index >= 15 is 0 Å². The van der Waals surface area contributed by atoms with Crippen molar-refractivity contribution in [2.45, 2.75) is 19.3 Å². The van der Waals surface area contributed by atoms with Gasteiger partial charge >= 0.3 is 0 Å². The van der Waals surface area contributed by atoms with Gasteiger partial charge in [0.25, 0.3) is 0 Å². The molecule has 3 heteroatoms. The Hall–Kier alpha value is -6.32. The lowest BCUT2D eigenvalue weighted by atomic mass is 9.81. The first kappa shape index (κ1) is 28.7. The van der Waals surface area contributed by atoms with Gasteiger partial charge in [0.2, 0.25) is 0 Å². The van der Waals surface area contributed by atoms with Crippen LogP contribution in [0, 0.1) is 0 Å². The van der Waals surface area contributed by atoms with Crippen LogP contribution in [0.4, 0.5) is 0 Å². The van der Waals surface area contributed by atoms with Crippen molar-refractivity contribution >= 4 is 32.3 Å². The normalized spacial score (nSPS) is 13.2. The first-order chi connectivity index (χ1) is 24.5. The van der Waals surface area contributed by atoms with Crippen LogP contribution in [-0.4, -0.2) is 14.8 Å². The average molecular weight is 640 g/mol. The van der Waals surface area contributed by atoms with Gasteiger partial charge in [0, 0.05) is 16.5 Å². The molecule has 0 saturated carbocycles. The van der Waals surface area contributed by atoms with Crippen LogP contribution in [0.1, 0.15) is 25.0 Å². The Balaban J connectivity index is 1.10. The monoisotopic (exact) mass is 639 g/mol. The third-order valence-electron chi connectivity index (χ3n) is 10.7. The molecule has 0 fully saturated rings. The number of hydrogen-bond acceptors (Lipinski definition) is 2. The molecule has 50 heavy (non-hydrogen) atoms. The summed E-state index contributed by atoms with van der Waals surface area (Å²) in [5, 5.41) is 12.7. The van der Waals surface area contributed by atoms with Crippen molar-refractivity contribution in [1.82, 2.24) is 14.8 Å². The summed E-state index contributed by atoms with van der Waals surface area (Å²) in [6, 6.07) is 58.8. The van der Waals surface area contributed by atoms with Crippen molar-refractivity contribution in [2.24, 2.45) is 0 Å². The molecule has 0 atom stereocenters. The zero-order chi connectivity index (χ0) is 33.4. The van der Waals surface area contributed by atoms with Crippen molar-refractivity contribution in [3.05, 3.63) is 175 Å². The SMILES string of the molecule is CC1(C)c2ccccc2-c2cc3c4ccccc4c4cc(-c5ccc(-c6nc(-c7ccccc7)nn6-c6ccccc6)cc5)ccc4c3cc21. The highest BCUT2D eigenvalue weighted by Crippen LogP contribution is 2.51. The Morgan fingerprint density at radius 3 is 1.76 bits per heavy atom. The number of fused-ring (bicyclic) bond motifs is 9. The van der Waals surface area contributed by atoms with Crippen LogP contribution in [0.2, 0.25) is 0 Å². The maximum atomic E-state index is 5.03. The number of benzene rings is 8. The van der Waals surface area contributed by atoms with Gasteiger partial charge in [-0.25, -0.2) is 9.67 Å². The van der Waals surface area contributed by atoms with Crippen LogP contribution in [0.15, 0.2) is 164 Å². The predicted molar refractivity (Wildman–Crippen MR) is 208 cm³/mol. The second-order valence-electron chi connectivity index (χ2n) is 13.9. The average Bonchev–Trinajstić information content (AvgIpc) is 3.72. The largest absolute Gasteiger partial charge is 0.213 e. The highest BCUT2D eigenvalue weighted by atomic mass is 15.4. The van der Waals surface area contributed by atoms with E-state index in [0.29, 0.717) is 5.82 Å². The van der Waals surface area contributed by atoms with Crippen molar-refractivity contribution in [3.8, 4) is 50.7 Å². The van der Waals surface area contributed by atoms with Crippen molar-refractivity contribution in [1.29, 1.82) is 0 Å². The number of nitrogens with zero attached hydrogens (tertiary/aromatic N) is 3. The van der Waals surface area contributed by atoms with Gasteiger partial charge in [-0.15, -0.1) is 5.10 Å². The second-order valence-corrected chi connectivity index (χ2v) is 13.9. The maximum Gasteiger partial charge on any atom is 0.182 e. The zero-order valence-electron chi connectivity index (χ0n) is 27.9. The number of rotatable bonds is 4. The predicted octanol–water partition coefficient (Wildman–Crippen LogP) is 12.0. The van der Waals surface area contributed by atoms with Crippen LogP contribution in [0.5, 0.6) is 0 Å². The highest BCUT2D eigenvalue weighted by molar-refractivity contribution is 6.26. The summed E-state index contributed by atoms with van der Waals surface area (Å²) < 4.78 is 1.95. The maximum absolute atomic E-state index is 5.03. The summed E-state index contributed by atoms with van der Waals surface area (Å²) >= 11 is 0. The summed E-state index contributed by atoms with van der Waals surface area (Å²) in [6.45, 7) is 4.72. The van der Waals surface area contributed by atoms with Gasteiger partial charge in [-0.3, -0.25) is 0 Å². The third kappa shape index (κ3) is 4.30. The molecule has 9 aromatic rings. The molecular weight excluding hydrogens is 607 g/mol. The number of aromatic nitrogens is 3. The van der Waals surface area contributed by atoms with Gasteiger partial charge in [-0.2, -0.15) is 0 Å². The molecule has 0 spiro atoms. The molecule has 10 rings (SSSR count). The van der Waals surface area contributed by atoms with Crippen molar-refractivity contribution < 1.29 is 0 Å². The van der Waals surface area contributed by atoms with Crippen LogP contribution in [-0.2, 0) is 5.41 Å². The molecule has 1 aliphatic carbocycles. The first-order valence-corrected chi connectivity index (χ1v) is 17.3. The molecule has 0 radical (unpaired) electrons. The van der Waals surface area contributed by atoms with Crippen molar-refractivity contribution in [3.63, 3.8) is 0 Å². The van der Waals surface area contributed by atoms with E-state index in [1.165, 1.54) is 65.7 Å². The zero-order valence-corrected chi connectivity index (χ0v) is 27.9. The quantitative estimate of drug-likeness (QED) is 0.179. The summed E-state index contributed by atoms with van der Waals surface area (Å²) in [4.78, 5) is 5.03. The topological polar surface area (TPSA) is 30.7 Å². The van der Waals surface area contributed by atoms with Gasteiger partial charge in [0.15, 0.2) is 11.6 Å². The van der Waals surface area contributed by atoms with Crippen LogP contribution >= 0.6 is 0 Å². The molecule has 8 aromatic carbocycles. The molecule has 1 aliphatic rings. The van der Waals surface area contributed by atoms with E-state index in [9.17, 15) is 0 Å².